The topological polar surface area (TPSA) is 65.8 Å². The summed E-state index contributed by atoms with van der Waals surface area (Å²) in [4.78, 5) is 28.1. The van der Waals surface area contributed by atoms with Crippen molar-refractivity contribution in [3.05, 3.63) is 23.7 Å². The van der Waals surface area contributed by atoms with Crippen LogP contribution in [-0.2, 0) is 11.3 Å². The summed E-state index contributed by atoms with van der Waals surface area (Å²) in [5.74, 6) is 1.31. The van der Waals surface area contributed by atoms with E-state index < -0.39 is 0 Å². The summed E-state index contributed by atoms with van der Waals surface area (Å²) < 4.78 is 5.32. The first-order valence-electron chi connectivity index (χ1n) is 7.99. The fourth-order valence-corrected chi connectivity index (χ4v) is 2.78. The lowest BCUT2D eigenvalue weighted by atomic mass is 10.3. The fourth-order valence-electron chi connectivity index (χ4n) is 2.78. The van der Waals surface area contributed by atoms with Gasteiger partial charge in [0.1, 0.15) is 5.76 Å². The first-order valence-corrected chi connectivity index (χ1v) is 7.99. The van der Waals surface area contributed by atoms with Crippen molar-refractivity contribution < 1.29 is 14.0 Å². The number of aryl methyl sites for hydroxylation is 1. The van der Waals surface area contributed by atoms with Crippen LogP contribution in [0.25, 0.3) is 0 Å². The molecule has 0 spiro atoms. The Labute approximate surface area is 130 Å². The Hall–Kier alpha value is -1.98. The molecule has 1 aromatic heterocycles. The molecule has 1 saturated heterocycles. The molecule has 3 rings (SSSR count). The van der Waals surface area contributed by atoms with Crippen LogP contribution < -0.4 is 5.32 Å². The first kappa shape index (κ1) is 14.9. The third kappa shape index (κ3) is 3.43. The number of carbonyl (C=O) groups is 2. The van der Waals surface area contributed by atoms with Gasteiger partial charge in [0.15, 0.2) is 0 Å². The van der Waals surface area contributed by atoms with Gasteiger partial charge in [-0.1, -0.05) is 0 Å². The molecule has 0 bridgehead atoms. The highest BCUT2D eigenvalue weighted by Crippen LogP contribution is 2.31. The van der Waals surface area contributed by atoms with E-state index in [1.54, 1.807) is 11.2 Å². The average molecular weight is 305 g/mol. The molecule has 6 nitrogen and oxygen atoms in total. The molecule has 6 heteroatoms. The normalized spacial score (nSPS) is 19.0. The second kappa shape index (κ2) is 6.42. The smallest absolute Gasteiger partial charge is 0.317 e. The van der Waals surface area contributed by atoms with Gasteiger partial charge >= 0.3 is 6.03 Å². The first-order chi connectivity index (χ1) is 10.6. The number of carbonyl (C=O) groups excluding carboxylic acids is 2. The van der Waals surface area contributed by atoms with Crippen LogP contribution in [0.5, 0.6) is 0 Å². The fraction of sp³-hybridized carbons (Fsp3) is 0.625. The van der Waals surface area contributed by atoms with Crippen LogP contribution in [0.4, 0.5) is 4.79 Å². The monoisotopic (exact) mass is 305 g/mol. The van der Waals surface area contributed by atoms with Crippen molar-refractivity contribution in [1.29, 1.82) is 0 Å². The molecule has 3 amide bonds. The second-order valence-electron chi connectivity index (χ2n) is 6.13. The predicted octanol–water partition coefficient (Wildman–Crippen LogP) is 1.74. The van der Waals surface area contributed by atoms with E-state index in [1.807, 2.05) is 17.9 Å². The van der Waals surface area contributed by atoms with Crippen LogP contribution in [0.2, 0.25) is 0 Å². The van der Waals surface area contributed by atoms with E-state index >= 15 is 0 Å². The van der Waals surface area contributed by atoms with Crippen LogP contribution in [0.1, 0.15) is 30.6 Å². The summed E-state index contributed by atoms with van der Waals surface area (Å²) in [7, 11) is 0. The van der Waals surface area contributed by atoms with Gasteiger partial charge < -0.3 is 19.5 Å². The molecule has 2 heterocycles. The van der Waals surface area contributed by atoms with Gasteiger partial charge in [-0.2, -0.15) is 0 Å². The molecule has 0 atom stereocenters. The van der Waals surface area contributed by atoms with Crippen LogP contribution in [0, 0.1) is 12.8 Å². The van der Waals surface area contributed by atoms with Gasteiger partial charge in [0.05, 0.1) is 12.8 Å². The molecule has 2 fully saturated rings. The van der Waals surface area contributed by atoms with Gasteiger partial charge in [0.25, 0.3) is 0 Å². The number of amides is 3. The third-order valence-electron chi connectivity index (χ3n) is 4.39. The zero-order valence-electron chi connectivity index (χ0n) is 13.0. The minimum Gasteiger partial charge on any atom is -0.467 e. The molecular formula is C16H23N3O3. The van der Waals surface area contributed by atoms with E-state index in [0.717, 1.165) is 37.1 Å². The Morgan fingerprint density at radius 1 is 1.23 bits per heavy atom. The summed E-state index contributed by atoms with van der Waals surface area (Å²) in [6, 6.07) is 1.80. The third-order valence-corrected chi connectivity index (χ3v) is 4.39. The zero-order valence-corrected chi connectivity index (χ0v) is 13.0. The maximum Gasteiger partial charge on any atom is 0.317 e. The minimum absolute atomic E-state index is 0.0866. The van der Waals surface area contributed by atoms with Gasteiger partial charge in [0, 0.05) is 32.1 Å². The number of urea groups is 1. The minimum atomic E-state index is -0.0866. The van der Waals surface area contributed by atoms with E-state index in [-0.39, 0.29) is 17.9 Å². The largest absolute Gasteiger partial charge is 0.467 e. The molecule has 22 heavy (non-hydrogen) atoms. The Balaban J connectivity index is 1.48. The molecule has 1 aromatic rings. The molecule has 1 aliphatic heterocycles. The molecule has 0 unspecified atom stereocenters. The SMILES string of the molecule is Cc1ccoc1CNC(=O)N1CCCN(C(=O)C2CC2)CC1. The Kier molecular flexibility index (Phi) is 4.36. The number of furan rings is 1. The quantitative estimate of drug-likeness (QED) is 0.925. The Bertz CT molecular complexity index is 551. The maximum absolute atomic E-state index is 12.2. The van der Waals surface area contributed by atoms with Gasteiger partial charge in [0.2, 0.25) is 5.91 Å². The maximum atomic E-state index is 12.2. The summed E-state index contributed by atoms with van der Waals surface area (Å²) in [5.41, 5.74) is 1.04. The number of hydrogen-bond donors (Lipinski definition) is 1. The van der Waals surface area contributed by atoms with Gasteiger partial charge in [-0.25, -0.2) is 4.79 Å². The van der Waals surface area contributed by atoms with Crippen molar-refractivity contribution in [2.24, 2.45) is 5.92 Å². The highest BCUT2D eigenvalue weighted by Gasteiger charge is 2.34. The van der Waals surface area contributed by atoms with Crippen molar-refractivity contribution in [2.75, 3.05) is 26.2 Å². The molecule has 0 radical (unpaired) electrons. The van der Waals surface area contributed by atoms with Crippen molar-refractivity contribution in [2.45, 2.75) is 32.7 Å². The highest BCUT2D eigenvalue weighted by molar-refractivity contribution is 5.81. The molecule has 1 aliphatic carbocycles. The molecule has 120 valence electrons. The van der Waals surface area contributed by atoms with Crippen molar-refractivity contribution in [3.63, 3.8) is 0 Å². The Morgan fingerprint density at radius 2 is 1.95 bits per heavy atom. The van der Waals surface area contributed by atoms with E-state index in [2.05, 4.69) is 5.32 Å². The predicted molar refractivity (Wildman–Crippen MR) is 81.2 cm³/mol. The summed E-state index contributed by atoms with van der Waals surface area (Å²) in [6.07, 6.45) is 4.53. The highest BCUT2D eigenvalue weighted by atomic mass is 16.3. The molecular weight excluding hydrogens is 282 g/mol. The lowest BCUT2D eigenvalue weighted by Gasteiger charge is -2.22. The average Bonchev–Trinajstić information content (AvgIpc) is 3.31. The number of nitrogens with one attached hydrogen (secondary N) is 1. The van der Waals surface area contributed by atoms with Crippen LogP contribution >= 0.6 is 0 Å². The van der Waals surface area contributed by atoms with Crippen molar-refractivity contribution in [3.8, 4) is 0 Å². The van der Waals surface area contributed by atoms with Crippen LogP contribution in [0.3, 0.4) is 0 Å². The van der Waals surface area contributed by atoms with E-state index in [9.17, 15) is 9.59 Å². The summed E-state index contributed by atoms with van der Waals surface area (Å²) in [5, 5.41) is 2.89. The number of nitrogens with zero attached hydrogens (tertiary/aromatic N) is 2. The number of hydrogen-bond acceptors (Lipinski definition) is 3. The van der Waals surface area contributed by atoms with Gasteiger partial charge in [-0.3, -0.25) is 4.79 Å². The van der Waals surface area contributed by atoms with E-state index in [0.29, 0.717) is 26.2 Å². The number of rotatable bonds is 3. The van der Waals surface area contributed by atoms with Crippen molar-refractivity contribution in [1.82, 2.24) is 15.1 Å². The van der Waals surface area contributed by atoms with E-state index in [4.69, 9.17) is 4.42 Å². The van der Waals surface area contributed by atoms with Crippen molar-refractivity contribution >= 4 is 11.9 Å². The van der Waals surface area contributed by atoms with Gasteiger partial charge in [-0.05, 0) is 37.8 Å². The van der Waals surface area contributed by atoms with Gasteiger partial charge in [-0.15, -0.1) is 0 Å². The zero-order chi connectivity index (χ0) is 15.5. The standard InChI is InChI=1S/C16H23N3O3/c1-12-5-10-22-14(12)11-17-16(21)19-7-2-6-18(8-9-19)15(20)13-3-4-13/h5,10,13H,2-4,6-9,11H2,1H3,(H,17,21). The summed E-state index contributed by atoms with van der Waals surface area (Å²) in [6.45, 7) is 5.05. The lowest BCUT2D eigenvalue weighted by molar-refractivity contribution is -0.132. The van der Waals surface area contributed by atoms with Crippen LogP contribution in [0.15, 0.2) is 16.7 Å². The lowest BCUT2D eigenvalue weighted by Crippen LogP contribution is -2.42. The second-order valence-corrected chi connectivity index (χ2v) is 6.13. The van der Waals surface area contributed by atoms with E-state index in [1.165, 1.54) is 0 Å². The summed E-state index contributed by atoms with van der Waals surface area (Å²) >= 11 is 0. The Morgan fingerprint density at radius 3 is 2.64 bits per heavy atom. The molecule has 2 aliphatic rings. The molecule has 1 N–H and O–H groups in total. The molecule has 1 saturated carbocycles. The molecule has 0 aromatic carbocycles. The van der Waals surface area contributed by atoms with Crippen LogP contribution in [-0.4, -0.2) is 47.9 Å².